The van der Waals surface area contributed by atoms with Gasteiger partial charge in [0.25, 0.3) is 5.91 Å². The molecule has 0 bridgehead atoms. The van der Waals surface area contributed by atoms with Crippen LogP contribution < -0.4 is 0 Å². The van der Waals surface area contributed by atoms with Gasteiger partial charge in [0.05, 0.1) is 16.8 Å². The number of rotatable bonds is 2. The number of sulfone groups is 1. The van der Waals surface area contributed by atoms with Crippen LogP contribution in [-0.4, -0.2) is 51.4 Å². The number of nitriles is 1. The Kier molecular flexibility index (Phi) is 3.28. The Morgan fingerprint density at radius 1 is 1.46 bits per heavy atom. The van der Waals surface area contributed by atoms with Crippen molar-refractivity contribution >= 4 is 27.8 Å². The van der Waals surface area contributed by atoms with Gasteiger partial charge >= 0.3 is 5.97 Å². The quantitative estimate of drug-likeness (QED) is 0.596. The molecular weight excluding hydrogens is 334 g/mol. The highest BCUT2D eigenvalue weighted by Gasteiger charge is 2.70. The second-order valence-corrected chi connectivity index (χ2v) is 8.73. The summed E-state index contributed by atoms with van der Waals surface area (Å²) in [6.07, 6.45) is 2.63. The highest BCUT2D eigenvalue weighted by atomic mass is 32.2. The van der Waals surface area contributed by atoms with E-state index in [1.54, 1.807) is 0 Å². The number of aliphatic carboxylic acids is 1. The third-order valence-electron chi connectivity index (χ3n) is 4.42. The van der Waals surface area contributed by atoms with E-state index < -0.39 is 37.9 Å². The molecule has 3 rings (SSSR count). The van der Waals surface area contributed by atoms with Crippen LogP contribution in [0.25, 0.3) is 6.08 Å². The molecule has 24 heavy (non-hydrogen) atoms. The molecule has 2 aliphatic heterocycles. The second-order valence-electron chi connectivity index (χ2n) is 6.14. The smallest absolute Gasteiger partial charge is 0.328 e. The van der Waals surface area contributed by atoms with Gasteiger partial charge in [-0.05, 0) is 32.1 Å². The van der Waals surface area contributed by atoms with Crippen LogP contribution >= 0.6 is 0 Å². The van der Waals surface area contributed by atoms with E-state index in [1.165, 1.54) is 38.3 Å². The van der Waals surface area contributed by atoms with Crippen molar-refractivity contribution in [3.8, 4) is 6.07 Å². The lowest BCUT2D eigenvalue weighted by atomic mass is 9.95. The van der Waals surface area contributed by atoms with Crippen LogP contribution in [0.4, 0.5) is 0 Å². The molecule has 1 amide bonds. The van der Waals surface area contributed by atoms with Gasteiger partial charge in [0, 0.05) is 6.20 Å². The SMILES string of the molecule is CC1(C)[C@H](C(=O)O)N2C(=O)/C(=C/c3ccc(C#N)cn3)C2S1(=O)=O. The zero-order valence-corrected chi connectivity index (χ0v) is 13.6. The van der Waals surface area contributed by atoms with Crippen LogP contribution in [-0.2, 0) is 19.4 Å². The van der Waals surface area contributed by atoms with Gasteiger partial charge in [-0.25, -0.2) is 13.2 Å². The number of aromatic nitrogens is 1. The number of carbonyl (C=O) groups is 2. The van der Waals surface area contributed by atoms with Crippen molar-refractivity contribution in [3.63, 3.8) is 0 Å². The molecule has 8 nitrogen and oxygen atoms in total. The summed E-state index contributed by atoms with van der Waals surface area (Å²) in [7, 11) is -3.90. The predicted octanol–water partition coefficient (Wildman–Crippen LogP) is 0.165. The number of carboxylic acid groups (broad SMARTS) is 1. The minimum atomic E-state index is -3.90. The summed E-state index contributed by atoms with van der Waals surface area (Å²) in [6, 6.07) is 3.46. The zero-order valence-electron chi connectivity index (χ0n) is 12.8. The molecule has 2 aliphatic rings. The van der Waals surface area contributed by atoms with E-state index in [0.717, 1.165) is 4.90 Å². The van der Waals surface area contributed by atoms with Gasteiger partial charge in [-0.2, -0.15) is 5.26 Å². The predicted molar refractivity (Wildman–Crippen MR) is 82.0 cm³/mol. The van der Waals surface area contributed by atoms with Crippen LogP contribution in [0.2, 0.25) is 0 Å². The maximum Gasteiger partial charge on any atom is 0.328 e. The maximum atomic E-state index is 12.7. The molecule has 3 heterocycles. The summed E-state index contributed by atoms with van der Waals surface area (Å²) in [5, 5.41) is 16.8. The fourth-order valence-electron chi connectivity index (χ4n) is 3.06. The van der Waals surface area contributed by atoms with Crippen molar-refractivity contribution in [2.75, 3.05) is 0 Å². The lowest BCUT2D eigenvalue weighted by molar-refractivity contribution is -0.152. The van der Waals surface area contributed by atoms with Gasteiger partial charge in [-0.15, -0.1) is 0 Å². The van der Waals surface area contributed by atoms with Crippen molar-refractivity contribution in [1.82, 2.24) is 9.88 Å². The lowest BCUT2D eigenvalue weighted by Gasteiger charge is -2.37. The number of amides is 1. The number of pyridine rings is 1. The van der Waals surface area contributed by atoms with E-state index in [-0.39, 0.29) is 5.57 Å². The van der Waals surface area contributed by atoms with E-state index in [4.69, 9.17) is 5.26 Å². The van der Waals surface area contributed by atoms with E-state index in [9.17, 15) is 23.1 Å². The molecule has 0 aromatic carbocycles. The molecule has 0 saturated carbocycles. The summed E-state index contributed by atoms with van der Waals surface area (Å²) in [5.41, 5.74) is 0.645. The highest BCUT2D eigenvalue weighted by molar-refractivity contribution is 7.94. The minimum absolute atomic E-state index is 0.0102. The van der Waals surface area contributed by atoms with Gasteiger partial charge in [0.2, 0.25) is 0 Å². The molecule has 9 heteroatoms. The number of carboxylic acids is 1. The van der Waals surface area contributed by atoms with Crippen LogP contribution in [0, 0.1) is 11.3 Å². The number of nitrogens with zero attached hydrogens (tertiary/aromatic N) is 3. The van der Waals surface area contributed by atoms with Gasteiger partial charge < -0.3 is 10.0 Å². The second kappa shape index (κ2) is 4.88. The molecule has 1 aromatic heterocycles. The summed E-state index contributed by atoms with van der Waals surface area (Å²) < 4.78 is 23.8. The Hall–Kier alpha value is -2.73. The zero-order chi connectivity index (χ0) is 17.9. The van der Waals surface area contributed by atoms with E-state index in [1.807, 2.05) is 6.07 Å². The fraction of sp³-hybridized carbons (Fsp3) is 0.333. The first-order valence-electron chi connectivity index (χ1n) is 6.99. The first kappa shape index (κ1) is 16.1. The monoisotopic (exact) mass is 347 g/mol. The molecule has 2 fully saturated rings. The topological polar surface area (TPSA) is 128 Å². The van der Waals surface area contributed by atoms with Crippen molar-refractivity contribution in [3.05, 3.63) is 35.2 Å². The number of β-lactam (4-membered cyclic amide) rings is 1. The van der Waals surface area contributed by atoms with Crippen molar-refractivity contribution in [1.29, 1.82) is 5.26 Å². The lowest BCUT2D eigenvalue weighted by Crippen LogP contribution is -2.58. The highest BCUT2D eigenvalue weighted by Crippen LogP contribution is 2.48. The molecular formula is C15H13N3O5S. The van der Waals surface area contributed by atoms with Crippen molar-refractivity contribution in [2.45, 2.75) is 30.0 Å². The number of carbonyl (C=O) groups excluding carboxylic acids is 1. The standard InChI is InChI=1S/C15H13N3O5S/c1-15(2)11(14(20)21)18-12(19)10(13(18)24(15,22)23)5-9-4-3-8(6-16)7-17-9/h3-5,7,11,13H,1-2H3,(H,20,21)/b10-5-/t11-,13?/m0/s1. The Labute approximate surface area is 137 Å². The van der Waals surface area contributed by atoms with E-state index in [0.29, 0.717) is 11.3 Å². The van der Waals surface area contributed by atoms with Crippen molar-refractivity contribution < 1.29 is 23.1 Å². The maximum absolute atomic E-state index is 12.7. The number of hydrogen-bond donors (Lipinski definition) is 1. The van der Waals surface area contributed by atoms with Gasteiger partial charge in [-0.1, -0.05) is 0 Å². The molecule has 2 atom stereocenters. The molecule has 1 unspecified atom stereocenters. The van der Waals surface area contributed by atoms with E-state index in [2.05, 4.69) is 4.98 Å². The Balaban J connectivity index is 2.06. The Bertz CT molecular complexity index is 925. The molecule has 0 aliphatic carbocycles. The summed E-state index contributed by atoms with van der Waals surface area (Å²) in [4.78, 5) is 28.6. The van der Waals surface area contributed by atoms with Gasteiger partial charge in [0.1, 0.15) is 10.8 Å². The molecule has 124 valence electrons. The fourth-order valence-corrected chi connectivity index (χ4v) is 5.18. The normalized spacial score (nSPS) is 28.1. The third-order valence-corrected chi connectivity index (χ3v) is 7.18. The largest absolute Gasteiger partial charge is 0.480 e. The van der Waals surface area contributed by atoms with Crippen LogP contribution in [0.1, 0.15) is 25.1 Å². The first-order valence-corrected chi connectivity index (χ1v) is 8.54. The number of hydrogen-bond acceptors (Lipinski definition) is 6. The molecule has 2 saturated heterocycles. The van der Waals surface area contributed by atoms with E-state index >= 15 is 0 Å². The summed E-state index contributed by atoms with van der Waals surface area (Å²) in [6.45, 7) is 2.62. The van der Waals surface area contributed by atoms with Crippen molar-refractivity contribution in [2.24, 2.45) is 0 Å². The third kappa shape index (κ3) is 1.89. The summed E-state index contributed by atoms with van der Waals surface area (Å²) >= 11 is 0. The Morgan fingerprint density at radius 2 is 2.12 bits per heavy atom. The van der Waals surface area contributed by atoms with Crippen LogP contribution in [0.15, 0.2) is 23.9 Å². The molecule has 0 radical (unpaired) electrons. The Morgan fingerprint density at radius 3 is 2.62 bits per heavy atom. The molecule has 0 spiro atoms. The number of fused-ring (bicyclic) bond motifs is 1. The van der Waals surface area contributed by atoms with Gasteiger partial charge in [0.15, 0.2) is 21.3 Å². The molecule has 1 N–H and O–H groups in total. The first-order chi connectivity index (χ1) is 11.1. The minimum Gasteiger partial charge on any atom is -0.480 e. The van der Waals surface area contributed by atoms with Crippen LogP contribution in [0.5, 0.6) is 0 Å². The van der Waals surface area contributed by atoms with Crippen LogP contribution in [0.3, 0.4) is 0 Å². The average molecular weight is 347 g/mol. The summed E-state index contributed by atoms with van der Waals surface area (Å²) in [5.74, 6) is -1.98. The van der Waals surface area contributed by atoms with Gasteiger partial charge in [-0.3, -0.25) is 9.78 Å². The average Bonchev–Trinajstić information content (AvgIpc) is 2.66. The molecule has 1 aromatic rings.